The van der Waals surface area contributed by atoms with E-state index in [2.05, 4.69) is 5.32 Å². The molecule has 0 atom stereocenters. The molecule has 0 bridgehead atoms. The number of hydrogen-bond donors (Lipinski definition) is 3. The fourth-order valence-corrected chi connectivity index (χ4v) is 1.16. The van der Waals surface area contributed by atoms with Crippen LogP contribution in [0.2, 0.25) is 5.02 Å². The summed E-state index contributed by atoms with van der Waals surface area (Å²) in [7, 11) is 1.49. The second kappa shape index (κ2) is 4.69. The Bertz CT molecular complexity index is 343. The van der Waals surface area contributed by atoms with Gasteiger partial charge in [0.05, 0.1) is 12.1 Å². The minimum absolute atomic E-state index is 0.378. The molecule has 6 heteroatoms. The molecule has 76 valence electrons. The van der Waals surface area contributed by atoms with Gasteiger partial charge in [0.1, 0.15) is 5.75 Å². The molecular formula is C8H9ClN2O3. The van der Waals surface area contributed by atoms with E-state index in [9.17, 15) is 4.79 Å². The lowest BCUT2D eigenvalue weighted by atomic mass is 10.3. The third kappa shape index (κ3) is 2.51. The van der Waals surface area contributed by atoms with Crippen molar-refractivity contribution in [1.29, 1.82) is 0 Å². The first kappa shape index (κ1) is 10.6. The zero-order valence-electron chi connectivity index (χ0n) is 7.37. The Morgan fingerprint density at radius 2 is 2.29 bits per heavy atom. The minimum atomic E-state index is -0.730. The lowest BCUT2D eigenvalue weighted by molar-refractivity contribution is 0.172. The third-order valence-electron chi connectivity index (χ3n) is 1.51. The molecule has 0 aliphatic heterocycles. The highest BCUT2D eigenvalue weighted by Crippen LogP contribution is 2.26. The topological polar surface area (TPSA) is 70.6 Å². The Hall–Kier alpha value is -1.46. The summed E-state index contributed by atoms with van der Waals surface area (Å²) in [6, 6.07) is 3.98. The number of carbonyl (C=O) groups is 1. The lowest BCUT2D eigenvalue weighted by Crippen LogP contribution is -2.24. The van der Waals surface area contributed by atoms with Gasteiger partial charge in [-0.3, -0.25) is 5.21 Å². The molecule has 0 unspecified atom stereocenters. The largest absolute Gasteiger partial charge is 0.495 e. The van der Waals surface area contributed by atoms with Crippen molar-refractivity contribution in [3.05, 3.63) is 23.2 Å². The number of amides is 2. The highest BCUT2D eigenvalue weighted by atomic mass is 35.5. The van der Waals surface area contributed by atoms with Crippen LogP contribution in [0.5, 0.6) is 5.75 Å². The van der Waals surface area contributed by atoms with E-state index in [4.69, 9.17) is 21.5 Å². The van der Waals surface area contributed by atoms with Gasteiger partial charge in [0.25, 0.3) is 0 Å². The standard InChI is InChI=1S/C8H9ClN2O3/c1-14-7-3-2-5(4-6(7)9)10-8(12)11-13/h2-4,13H,1H3,(H2,10,11,12). The monoisotopic (exact) mass is 216 g/mol. The van der Waals surface area contributed by atoms with Gasteiger partial charge in [-0.15, -0.1) is 0 Å². The van der Waals surface area contributed by atoms with Crippen molar-refractivity contribution in [2.24, 2.45) is 0 Å². The summed E-state index contributed by atoms with van der Waals surface area (Å²) in [5, 5.41) is 11.0. The molecule has 1 aromatic rings. The van der Waals surface area contributed by atoms with Crippen LogP contribution in [0.15, 0.2) is 18.2 Å². The average molecular weight is 217 g/mol. The molecule has 2 amide bonds. The van der Waals surface area contributed by atoms with Crippen molar-refractivity contribution in [3.63, 3.8) is 0 Å². The molecule has 0 saturated heterocycles. The number of nitrogens with one attached hydrogen (secondary N) is 2. The molecule has 1 aromatic carbocycles. The predicted octanol–water partition coefficient (Wildman–Crippen LogP) is 1.86. The van der Waals surface area contributed by atoms with Crippen LogP contribution in [-0.4, -0.2) is 18.3 Å². The molecule has 0 spiro atoms. The molecule has 0 radical (unpaired) electrons. The Labute approximate surface area is 85.6 Å². The first-order chi connectivity index (χ1) is 6.67. The molecule has 5 nitrogen and oxygen atoms in total. The van der Waals surface area contributed by atoms with Gasteiger partial charge < -0.3 is 10.1 Å². The van der Waals surface area contributed by atoms with E-state index in [1.54, 1.807) is 12.1 Å². The summed E-state index contributed by atoms with van der Waals surface area (Å²) in [4.78, 5) is 10.7. The number of methoxy groups -OCH3 is 1. The van der Waals surface area contributed by atoms with Crippen LogP contribution >= 0.6 is 11.6 Å². The number of carbonyl (C=O) groups excluding carboxylic acids is 1. The number of urea groups is 1. The van der Waals surface area contributed by atoms with Crippen LogP contribution < -0.4 is 15.5 Å². The van der Waals surface area contributed by atoms with Crippen LogP contribution in [0.4, 0.5) is 10.5 Å². The Kier molecular flexibility index (Phi) is 3.55. The van der Waals surface area contributed by atoms with Gasteiger partial charge >= 0.3 is 6.03 Å². The van der Waals surface area contributed by atoms with Gasteiger partial charge in [-0.05, 0) is 18.2 Å². The summed E-state index contributed by atoms with van der Waals surface area (Å²) in [6.45, 7) is 0. The Balaban J connectivity index is 2.81. The Morgan fingerprint density at radius 3 is 2.79 bits per heavy atom. The number of hydrogen-bond acceptors (Lipinski definition) is 3. The fraction of sp³-hybridized carbons (Fsp3) is 0.125. The van der Waals surface area contributed by atoms with Crippen LogP contribution in [0.3, 0.4) is 0 Å². The maximum Gasteiger partial charge on any atom is 0.342 e. The van der Waals surface area contributed by atoms with Crippen molar-refractivity contribution >= 4 is 23.3 Å². The lowest BCUT2D eigenvalue weighted by Gasteiger charge is -2.06. The number of anilines is 1. The van der Waals surface area contributed by atoms with Crippen LogP contribution in [0.1, 0.15) is 0 Å². The van der Waals surface area contributed by atoms with E-state index in [0.717, 1.165) is 0 Å². The van der Waals surface area contributed by atoms with Gasteiger partial charge in [0.15, 0.2) is 0 Å². The molecule has 1 rings (SSSR count). The molecule has 0 heterocycles. The van der Waals surface area contributed by atoms with Crippen molar-refractivity contribution in [2.75, 3.05) is 12.4 Å². The molecule has 3 N–H and O–H groups in total. The number of benzene rings is 1. The summed E-state index contributed by atoms with van der Waals surface area (Å²) >= 11 is 5.80. The van der Waals surface area contributed by atoms with E-state index in [1.807, 2.05) is 0 Å². The van der Waals surface area contributed by atoms with Gasteiger partial charge in [-0.2, -0.15) is 0 Å². The normalized spacial score (nSPS) is 9.36. The van der Waals surface area contributed by atoms with E-state index < -0.39 is 6.03 Å². The fourth-order valence-electron chi connectivity index (χ4n) is 0.903. The third-order valence-corrected chi connectivity index (χ3v) is 1.81. The molecule has 0 aromatic heterocycles. The van der Waals surface area contributed by atoms with Gasteiger partial charge in [-0.25, -0.2) is 10.3 Å². The molecule has 0 fully saturated rings. The van der Waals surface area contributed by atoms with Crippen LogP contribution in [0, 0.1) is 0 Å². The summed E-state index contributed by atoms with van der Waals surface area (Å²) in [5.74, 6) is 0.515. The van der Waals surface area contributed by atoms with E-state index in [1.165, 1.54) is 18.7 Å². The molecule has 0 aliphatic carbocycles. The highest BCUT2D eigenvalue weighted by molar-refractivity contribution is 6.32. The first-order valence-corrected chi connectivity index (χ1v) is 4.10. The zero-order valence-corrected chi connectivity index (χ0v) is 8.13. The zero-order chi connectivity index (χ0) is 10.6. The molecular weight excluding hydrogens is 208 g/mol. The molecule has 14 heavy (non-hydrogen) atoms. The van der Waals surface area contributed by atoms with Gasteiger partial charge in [0.2, 0.25) is 0 Å². The van der Waals surface area contributed by atoms with Gasteiger partial charge in [-0.1, -0.05) is 11.6 Å². The maximum absolute atomic E-state index is 10.7. The van der Waals surface area contributed by atoms with Crippen LogP contribution in [0.25, 0.3) is 0 Å². The summed E-state index contributed by atoms with van der Waals surface area (Å²) < 4.78 is 4.92. The summed E-state index contributed by atoms with van der Waals surface area (Å²) in [6.07, 6.45) is 0. The van der Waals surface area contributed by atoms with Gasteiger partial charge in [0, 0.05) is 5.69 Å². The van der Waals surface area contributed by atoms with Crippen molar-refractivity contribution in [3.8, 4) is 5.75 Å². The second-order valence-corrected chi connectivity index (χ2v) is 2.82. The smallest absolute Gasteiger partial charge is 0.342 e. The average Bonchev–Trinajstić information content (AvgIpc) is 2.18. The van der Waals surface area contributed by atoms with E-state index in [0.29, 0.717) is 16.5 Å². The molecule has 0 aliphatic rings. The van der Waals surface area contributed by atoms with Crippen molar-refractivity contribution < 1.29 is 14.7 Å². The SMILES string of the molecule is COc1ccc(NC(=O)NO)cc1Cl. The predicted molar refractivity (Wildman–Crippen MR) is 51.9 cm³/mol. The Morgan fingerprint density at radius 1 is 1.57 bits per heavy atom. The van der Waals surface area contributed by atoms with Crippen LogP contribution in [-0.2, 0) is 0 Å². The number of ether oxygens (including phenoxy) is 1. The maximum atomic E-state index is 10.7. The number of hydroxylamine groups is 1. The number of rotatable bonds is 2. The number of halogens is 1. The molecule has 0 saturated carbocycles. The van der Waals surface area contributed by atoms with E-state index in [-0.39, 0.29) is 0 Å². The highest BCUT2D eigenvalue weighted by Gasteiger charge is 2.03. The van der Waals surface area contributed by atoms with E-state index >= 15 is 0 Å². The first-order valence-electron chi connectivity index (χ1n) is 3.72. The minimum Gasteiger partial charge on any atom is -0.495 e. The van der Waals surface area contributed by atoms with Crippen molar-refractivity contribution in [1.82, 2.24) is 5.48 Å². The second-order valence-electron chi connectivity index (χ2n) is 2.42. The summed E-state index contributed by atoms with van der Waals surface area (Å²) in [5.41, 5.74) is 1.90. The quantitative estimate of drug-likeness (QED) is 0.522. The van der Waals surface area contributed by atoms with Crippen molar-refractivity contribution in [2.45, 2.75) is 0 Å².